The lowest BCUT2D eigenvalue weighted by atomic mass is 10.00. The molecule has 2 aromatic carbocycles. The number of nitro groups is 1. The number of rotatable bonds is 5. The van der Waals surface area contributed by atoms with Crippen LogP contribution in [0.1, 0.15) is 21.6 Å². The van der Waals surface area contributed by atoms with Gasteiger partial charge in [-0.1, -0.05) is 11.6 Å². The number of aromatic nitrogens is 2. The highest BCUT2D eigenvalue weighted by atomic mass is 35.5. The zero-order chi connectivity index (χ0) is 23.7. The molecule has 0 saturated carbocycles. The van der Waals surface area contributed by atoms with Crippen molar-refractivity contribution < 1.29 is 24.7 Å². The predicted molar refractivity (Wildman–Crippen MR) is 117 cm³/mol. The van der Waals surface area contributed by atoms with E-state index < -0.39 is 10.8 Å². The van der Waals surface area contributed by atoms with Crippen LogP contribution in [0.25, 0.3) is 11.3 Å². The molecule has 0 fully saturated rings. The molecular weight excluding hydrogens is 454 g/mol. The number of hydrogen-bond donors (Lipinski definition) is 4. The number of non-ortho nitro benzene ring substituents is 1. The third-order valence-corrected chi connectivity index (χ3v) is 5.65. The Morgan fingerprint density at radius 1 is 1.21 bits per heavy atom. The number of aromatic amines is 1. The molecular formula is C21H18ClN5O6. The number of halogens is 1. The third kappa shape index (κ3) is 4.44. The van der Waals surface area contributed by atoms with Gasteiger partial charge in [0, 0.05) is 60.1 Å². The maximum absolute atomic E-state index is 12.7. The van der Waals surface area contributed by atoms with Crippen molar-refractivity contribution >= 4 is 29.1 Å². The maximum Gasteiger partial charge on any atom is 0.269 e. The highest BCUT2D eigenvalue weighted by Gasteiger charge is 2.27. The Hall–Kier alpha value is -4.12. The number of phenolic OH excluding ortho intramolecular Hbond substituents is 2. The number of carbonyl (C=O) groups is 2. The average Bonchev–Trinajstić information content (AvgIpc) is 3.22. The molecule has 12 heteroatoms. The Morgan fingerprint density at radius 2 is 1.94 bits per heavy atom. The van der Waals surface area contributed by atoms with E-state index in [2.05, 4.69) is 15.5 Å². The first kappa shape index (κ1) is 22.1. The first-order valence-corrected chi connectivity index (χ1v) is 10.2. The molecule has 1 aliphatic heterocycles. The van der Waals surface area contributed by atoms with Crippen molar-refractivity contribution in [3.63, 3.8) is 0 Å². The lowest BCUT2D eigenvalue weighted by molar-refractivity contribution is -0.384. The van der Waals surface area contributed by atoms with Gasteiger partial charge in [0.15, 0.2) is 0 Å². The molecule has 11 nitrogen and oxygen atoms in total. The molecule has 2 heterocycles. The first-order valence-electron chi connectivity index (χ1n) is 9.83. The molecule has 0 aliphatic carbocycles. The normalized spacial score (nSPS) is 12.8. The van der Waals surface area contributed by atoms with Crippen molar-refractivity contribution in [2.45, 2.75) is 13.0 Å². The fourth-order valence-corrected chi connectivity index (χ4v) is 3.74. The number of H-pyrrole nitrogens is 1. The average molecular weight is 472 g/mol. The molecule has 33 heavy (non-hydrogen) atoms. The lowest BCUT2D eigenvalue weighted by Gasteiger charge is -2.27. The minimum atomic E-state index is -0.564. The minimum Gasteiger partial charge on any atom is -0.507 e. The monoisotopic (exact) mass is 471 g/mol. The van der Waals surface area contributed by atoms with Crippen LogP contribution >= 0.6 is 11.6 Å². The van der Waals surface area contributed by atoms with Gasteiger partial charge in [0.2, 0.25) is 5.91 Å². The van der Waals surface area contributed by atoms with E-state index in [-0.39, 0.29) is 46.8 Å². The van der Waals surface area contributed by atoms with Gasteiger partial charge in [-0.05, 0) is 18.2 Å². The second-order valence-electron chi connectivity index (χ2n) is 7.40. The molecule has 0 unspecified atom stereocenters. The number of phenols is 2. The van der Waals surface area contributed by atoms with Crippen LogP contribution in [-0.4, -0.2) is 55.1 Å². The number of nitrogens with one attached hydrogen (secondary N) is 2. The maximum atomic E-state index is 12.7. The van der Waals surface area contributed by atoms with E-state index in [1.807, 2.05) is 0 Å². The van der Waals surface area contributed by atoms with Gasteiger partial charge < -0.3 is 20.4 Å². The minimum absolute atomic E-state index is 0.0530. The van der Waals surface area contributed by atoms with Crippen molar-refractivity contribution in [1.29, 1.82) is 0 Å². The predicted octanol–water partition coefficient (Wildman–Crippen LogP) is 2.36. The van der Waals surface area contributed by atoms with Crippen molar-refractivity contribution in [2.24, 2.45) is 0 Å². The van der Waals surface area contributed by atoms with Crippen LogP contribution in [0.4, 0.5) is 5.69 Å². The summed E-state index contributed by atoms with van der Waals surface area (Å²) >= 11 is 5.97. The number of carbonyl (C=O) groups excluding carboxylic acids is 2. The SMILES string of the molecule is O=C(NCC(=O)N1CCc2[nH]nc(-c3cc(Cl)c(O)cc3O)c2C1)c1ccc([N+](=O)[O-])cc1. The quantitative estimate of drug-likeness (QED) is 0.328. The third-order valence-electron chi connectivity index (χ3n) is 5.35. The van der Waals surface area contributed by atoms with Crippen LogP contribution in [0.3, 0.4) is 0 Å². The summed E-state index contributed by atoms with van der Waals surface area (Å²) in [5.41, 5.74) is 2.31. The van der Waals surface area contributed by atoms with E-state index in [4.69, 9.17) is 11.6 Å². The molecule has 4 N–H and O–H groups in total. The van der Waals surface area contributed by atoms with Crippen molar-refractivity contribution in [3.05, 3.63) is 68.4 Å². The van der Waals surface area contributed by atoms with Crippen molar-refractivity contribution in [1.82, 2.24) is 20.4 Å². The van der Waals surface area contributed by atoms with E-state index >= 15 is 0 Å². The summed E-state index contributed by atoms with van der Waals surface area (Å²) in [7, 11) is 0. The number of fused-ring (bicyclic) bond motifs is 1. The van der Waals surface area contributed by atoms with Crippen LogP contribution in [0.5, 0.6) is 11.5 Å². The molecule has 2 amide bonds. The van der Waals surface area contributed by atoms with Gasteiger partial charge in [-0.25, -0.2) is 0 Å². The van der Waals surface area contributed by atoms with Crippen LogP contribution in [-0.2, 0) is 17.8 Å². The Labute approximate surface area is 191 Å². The van der Waals surface area contributed by atoms with Crippen molar-refractivity contribution in [2.75, 3.05) is 13.1 Å². The van der Waals surface area contributed by atoms with Crippen LogP contribution in [0.15, 0.2) is 36.4 Å². The molecule has 0 saturated heterocycles. The summed E-state index contributed by atoms with van der Waals surface area (Å²) in [6.45, 7) is 0.350. The summed E-state index contributed by atoms with van der Waals surface area (Å²) in [4.78, 5) is 36.7. The van der Waals surface area contributed by atoms with E-state index in [1.54, 1.807) is 4.90 Å². The highest BCUT2D eigenvalue weighted by molar-refractivity contribution is 6.32. The standard InChI is InChI=1S/C21H18ClN5O6/c22-15-7-13(17(28)8-18(15)29)20-14-10-26(6-5-16(14)24-25-20)19(30)9-23-21(31)11-1-3-12(4-2-11)27(32)33/h1-4,7-8,28-29H,5-6,9-10H2,(H,23,31)(H,24,25). The van der Waals surface area contributed by atoms with Crippen LogP contribution in [0.2, 0.25) is 5.02 Å². The van der Waals surface area contributed by atoms with E-state index in [9.17, 15) is 29.9 Å². The van der Waals surface area contributed by atoms with Gasteiger partial charge in [0.25, 0.3) is 11.6 Å². The Bertz CT molecular complexity index is 1260. The largest absolute Gasteiger partial charge is 0.507 e. The molecule has 0 spiro atoms. The molecule has 0 radical (unpaired) electrons. The second kappa shape index (κ2) is 8.79. The van der Waals surface area contributed by atoms with E-state index in [0.29, 0.717) is 29.8 Å². The van der Waals surface area contributed by atoms with E-state index in [0.717, 1.165) is 11.8 Å². The van der Waals surface area contributed by atoms with Gasteiger partial charge in [0.05, 0.1) is 16.5 Å². The number of hydrogen-bond acceptors (Lipinski definition) is 7. The number of nitrogens with zero attached hydrogens (tertiary/aromatic N) is 3. The zero-order valence-electron chi connectivity index (χ0n) is 17.0. The first-order chi connectivity index (χ1) is 15.7. The molecule has 0 bridgehead atoms. The lowest BCUT2D eigenvalue weighted by Crippen LogP contribution is -2.42. The topological polar surface area (TPSA) is 162 Å². The number of benzene rings is 2. The number of amides is 2. The van der Waals surface area contributed by atoms with Gasteiger partial charge in [-0.2, -0.15) is 5.10 Å². The number of aromatic hydroxyl groups is 2. The highest BCUT2D eigenvalue weighted by Crippen LogP contribution is 2.39. The summed E-state index contributed by atoms with van der Waals surface area (Å²) in [6, 6.07) is 7.59. The summed E-state index contributed by atoms with van der Waals surface area (Å²) in [5, 5.41) is 40.3. The molecule has 1 aliphatic rings. The smallest absolute Gasteiger partial charge is 0.269 e. The summed E-state index contributed by atoms with van der Waals surface area (Å²) in [6.07, 6.45) is 0.497. The van der Waals surface area contributed by atoms with Gasteiger partial charge in [0.1, 0.15) is 17.2 Å². The zero-order valence-corrected chi connectivity index (χ0v) is 17.8. The van der Waals surface area contributed by atoms with Gasteiger partial charge in [-0.3, -0.25) is 24.8 Å². The summed E-state index contributed by atoms with van der Waals surface area (Å²) in [5.74, 6) is -1.31. The van der Waals surface area contributed by atoms with Crippen LogP contribution in [0, 0.1) is 10.1 Å². The number of nitro benzene ring substituents is 1. The molecule has 170 valence electrons. The molecule has 1 aromatic heterocycles. The van der Waals surface area contributed by atoms with E-state index in [1.165, 1.54) is 30.3 Å². The van der Waals surface area contributed by atoms with Gasteiger partial charge in [-0.15, -0.1) is 0 Å². The molecule has 0 atom stereocenters. The fraction of sp³-hybridized carbons (Fsp3) is 0.190. The Kier molecular flexibility index (Phi) is 5.88. The summed E-state index contributed by atoms with van der Waals surface area (Å²) < 4.78 is 0. The van der Waals surface area contributed by atoms with Gasteiger partial charge >= 0.3 is 0 Å². The molecule has 4 rings (SSSR count). The molecule has 3 aromatic rings. The Morgan fingerprint density at radius 3 is 2.64 bits per heavy atom. The Balaban J connectivity index is 1.44. The van der Waals surface area contributed by atoms with Crippen molar-refractivity contribution in [3.8, 4) is 22.8 Å². The second-order valence-corrected chi connectivity index (χ2v) is 7.81. The van der Waals surface area contributed by atoms with Crippen LogP contribution < -0.4 is 5.32 Å². The fourth-order valence-electron chi connectivity index (χ4n) is 3.58.